The SMILES string of the molecule is CCNC(c1cc(C(F)(F)F)ccc1Br)C1CCCC1. The van der Waals surface area contributed by atoms with E-state index < -0.39 is 11.7 Å². The summed E-state index contributed by atoms with van der Waals surface area (Å²) in [6.45, 7) is 2.74. The number of hydrogen-bond acceptors (Lipinski definition) is 1. The lowest BCUT2D eigenvalue weighted by Gasteiger charge is -2.26. The van der Waals surface area contributed by atoms with Crippen molar-refractivity contribution in [3.63, 3.8) is 0 Å². The first-order valence-electron chi connectivity index (χ1n) is 7.03. The van der Waals surface area contributed by atoms with Gasteiger partial charge in [-0.1, -0.05) is 35.7 Å². The number of rotatable bonds is 4. The monoisotopic (exact) mass is 349 g/mol. The predicted octanol–water partition coefficient (Wildman–Crippen LogP) is 5.31. The van der Waals surface area contributed by atoms with Crippen LogP contribution in [0.3, 0.4) is 0 Å². The van der Waals surface area contributed by atoms with Crippen LogP contribution >= 0.6 is 15.9 Å². The van der Waals surface area contributed by atoms with Gasteiger partial charge in [0.1, 0.15) is 0 Å². The van der Waals surface area contributed by atoms with E-state index in [-0.39, 0.29) is 6.04 Å². The van der Waals surface area contributed by atoms with Crippen molar-refractivity contribution in [1.82, 2.24) is 5.32 Å². The minimum atomic E-state index is -4.29. The van der Waals surface area contributed by atoms with Crippen LogP contribution in [0.2, 0.25) is 0 Å². The molecule has 0 aromatic heterocycles. The van der Waals surface area contributed by atoms with Gasteiger partial charge in [-0.05, 0) is 49.1 Å². The van der Waals surface area contributed by atoms with Gasteiger partial charge in [0, 0.05) is 10.5 Å². The van der Waals surface area contributed by atoms with Crippen LogP contribution in [0.5, 0.6) is 0 Å². The van der Waals surface area contributed by atoms with Gasteiger partial charge in [0.05, 0.1) is 5.56 Å². The minimum Gasteiger partial charge on any atom is -0.310 e. The molecule has 1 unspecified atom stereocenters. The Morgan fingerprint density at radius 1 is 1.30 bits per heavy atom. The molecule has 0 saturated heterocycles. The highest BCUT2D eigenvalue weighted by Gasteiger charge is 2.33. The van der Waals surface area contributed by atoms with E-state index in [2.05, 4.69) is 21.2 Å². The Morgan fingerprint density at radius 3 is 2.50 bits per heavy atom. The second-order valence-corrected chi connectivity index (χ2v) is 6.17. The number of benzene rings is 1. The maximum Gasteiger partial charge on any atom is 0.416 e. The second kappa shape index (κ2) is 6.48. The molecule has 1 aromatic carbocycles. The molecule has 1 saturated carbocycles. The first-order valence-corrected chi connectivity index (χ1v) is 7.82. The number of halogens is 4. The third kappa shape index (κ3) is 3.55. The normalized spacial score (nSPS) is 18.4. The summed E-state index contributed by atoms with van der Waals surface area (Å²) in [5.41, 5.74) is 0.158. The summed E-state index contributed by atoms with van der Waals surface area (Å²) in [5, 5.41) is 3.36. The highest BCUT2D eigenvalue weighted by atomic mass is 79.9. The highest BCUT2D eigenvalue weighted by molar-refractivity contribution is 9.10. The molecular weight excluding hydrogens is 331 g/mol. The van der Waals surface area contributed by atoms with Crippen LogP contribution in [-0.2, 0) is 6.18 Å². The molecule has 1 aromatic rings. The number of nitrogens with one attached hydrogen (secondary N) is 1. The maximum atomic E-state index is 12.9. The average molecular weight is 350 g/mol. The van der Waals surface area contributed by atoms with Crippen molar-refractivity contribution >= 4 is 15.9 Å². The fourth-order valence-corrected chi connectivity index (χ4v) is 3.49. The molecule has 1 atom stereocenters. The summed E-state index contributed by atoms with van der Waals surface area (Å²) in [6, 6.07) is 3.93. The molecule has 0 heterocycles. The molecular formula is C15H19BrF3N. The molecule has 112 valence electrons. The van der Waals surface area contributed by atoms with Gasteiger partial charge in [-0.25, -0.2) is 0 Å². The van der Waals surface area contributed by atoms with E-state index in [4.69, 9.17) is 0 Å². The molecule has 5 heteroatoms. The maximum absolute atomic E-state index is 12.9. The van der Waals surface area contributed by atoms with Crippen LogP contribution in [0.25, 0.3) is 0 Å². The zero-order valence-electron chi connectivity index (χ0n) is 11.4. The van der Waals surface area contributed by atoms with Crippen LogP contribution < -0.4 is 5.32 Å². The van der Waals surface area contributed by atoms with Crippen LogP contribution in [0.4, 0.5) is 13.2 Å². The molecule has 1 fully saturated rings. The van der Waals surface area contributed by atoms with E-state index in [0.717, 1.165) is 35.5 Å². The topological polar surface area (TPSA) is 12.0 Å². The minimum absolute atomic E-state index is 0.000764. The van der Waals surface area contributed by atoms with Crippen LogP contribution in [0.15, 0.2) is 22.7 Å². The molecule has 20 heavy (non-hydrogen) atoms. The first-order chi connectivity index (χ1) is 9.43. The Kier molecular flexibility index (Phi) is 5.13. The molecule has 0 amide bonds. The first kappa shape index (κ1) is 15.8. The van der Waals surface area contributed by atoms with Crippen molar-refractivity contribution in [1.29, 1.82) is 0 Å². The lowest BCUT2D eigenvalue weighted by atomic mass is 9.90. The van der Waals surface area contributed by atoms with Gasteiger partial charge < -0.3 is 5.32 Å². The highest BCUT2D eigenvalue weighted by Crippen LogP contribution is 2.40. The summed E-state index contributed by atoms with van der Waals surface area (Å²) in [7, 11) is 0. The van der Waals surface area contributed by atoms with Crippen LogP contribution in [0, 0.1) is 5.92 Å². The van der Waals surface area contributed by atoms with Crippen LogP contribution in [0.1, 0.15) is 49.8 Å². The van der Waals surface area contributed by atoms with Crippen molar-refractivity contribution in [2.45, 2.75) is 44.8 Å². The summed E-state index contributed by atoms with van der Waals surface area (Å²) in [5.74, 6) is 0.426. The number of hydrogen-bond donors (Lipinski definition) is 1. The Hall–Kier alpha value is -0.550. The summed E-state index contributed by atoms with van der Waals surface area (Å²) < 4.78 is 39.4. The van der Waals surface area contributed by atoms with Gasteiger partial charge >= 0.3 is 6.18 Å². The Balaban J connectivity index is 2.36. The predicted molar refractivity (Wildman–Crippen MR) is 77.5 cm³/mol. The van der Waals surface area contributed by atoms with Crippen molar-refractivity contribution in [2.24, 2.45) is 5.92 Å². The average Bonchev–Trinajstić information content (AvgIpc) is 2.89. The third-order valence-corrected chi connectivity index (χ3v) is 4.68. The van der Waals surface area contributed by atoms with Gasteiger partial charge in [0.2, 0.25) is 0 Å². The van der Waals surface area contributed by atoms with Crippen molar-refractivity contribution in [2.75, 3.05) is 6.54 Å². The van der Waals surface area contributed by atoms with E-state index in [1.165, 1.54) is 25.0 Å². The van der Waals surface area contributed by atoms with Crippen molar-refractivity contribution in [3.05, 3.63) is 33.8 Å². The van der Waals surface area contributed by atoms with Crippen molar-refractivity contribution < 1.29 is 13.2 Å². The zero-order chi connectivity index (χ0) is 14.8. The van der Waals surface area contributed by atoms with Crippen molar-refractivity contribution in [3.8, 4) is 0 Å². The fraction of sp³-hybridized carbons (Fsp3) is 0.600. The van der Waals surface area contributed by atoms with Gasteiger partial charge in [-0.2, -0.15) is 13.2 Å². The van der Waals surface area contributed by atoms with Crippen LogP contribution in [-0.4, -0.2) is 6.54 Å². The molecule has 2 rings (SSSR count). The Bertz CT molecular complexity index is 453. The summed E-state index contributed by atoms with van der Waals surface area (Å²) in [4.78, 5) is 0. The molecule has 0 spiro atoms. The van der Waals surface area contributed by atoms with E-state index in [9.17, 15) is 13.2 Å². The lowest BCUT2D eigenvalue weighted by molar-refractivity contribution is -0.137. The molecule has 0 radical (unpaired) electrons. The zero-order valence-corrected chi connectivity index (χ0v) is 13.0. The molecule has 1 nitrogen and oxygen atoms in total. The van der Waals surface area contributed by atoms with E-state index >= 15 is 0 Å². The fourth-order valence-electron chi connectivity index (χ4n) is 3.00. The molecule has 0 bridgehead atoms. The molecule has 1 N–H and O–H groups in total. The summed E-state index contributed by atoms with van der Waals surface area (Å²) in [6.07, 6.45) is 0.217. The van der Waals surface area contributed by atoms with Gasteiger partial charge in [0.15, 0.2) is 0 Å². The Labute approximate surface area is 126 Å². The van der Waals surface area contributed by atoms with Gasteiger partial charge in [0.25, 0.3) is 0 Å². The summed E-state index contributed by atoms with van der Waals surface area (Å²) >= 11 is 3.41. The van der Waals surface area contributed by atoms with E-state index in [1.807, 2.05) is 6.92 Å². The lowest BCUT2D eigenvalue weighted by Crippen LogP contribution is -2.27. The largest absolute Gasteiger partial charge is 0.416 e. The molecule has 1 aliphatic rings. The Morgan fingerprint density at radius 2 is 1.95 bits per heavy atom. The van der Waals surface area contributed by atoms with E-state index in [0.29, 0.717) is 5.92 Å². The third-order valence-electron chi connectivity index (χ3n) is 3.95. The standard InChI is InChI=1S/C15H19BrF3N/c1-2-20-14(10-5-3-4-6-10)12-9-11(15(17,18)19)7-8-13(12)16/h7-10,14,20H,2-6H2,1H3. The van der Waals surface area contributed by atoms with E-state index in [1.54, 1.807) is 0 Å². The smallest absolute Gasteiger partial charge is 0.310 e. The van der Waals surface area contributed by atoms with Gasteiger partial charge in [-0.15, -0.1) is 0 Å². The number of alkyl halides is 3. The quantitative estimate of drug-likeness (QED) is 0.776. The molecule has 1 aliphatic carbocycles. The molecule has 0 aliphatic heterocycles. The van der Waals surface area contributed by atoms with Gasteiger partial charge in [-0.3, -0.25) is 0 Å². The second-order valence-electron chi connectivity index (χ2n) is 5.31.